The summed E-state index contributed by atoms with van der Waals surface area (Å²) in [6.45, 7) is 8.49. The van der Waals surface area contributed by atoms with E-state index in [2.05, 4.69) is 19.9 Å². The summed E-state index contributed by atoms with van der Waals surface area (Å²) in [5.41, 5.74) is 7.85. The summed E-state index contributed by atoms with van der Waals surface area (Å²) in [6, 6.07) is -0.502. The van der Waals surface area contributed by atoms with E-state index in [1.54, 1.807) is 6.92 Å². The van der Waals surface area contributed by atoms with E-state index in [-0.39, 0.29) is 13.0 Å². The highest BCUT2D eigenvalue weighted by Gasteiger charge is 2.38. The zero-order valence-corrected chi connectivity index (χ0v) is 10.7. The van der Waals surface area contributed by atoms with Crippen LogP contribution in [0, 0.1) is 13.5 Å². The second-order valence-electron chi connectivity index (χ2n) is 4.46. The molecule has 0 saturated carbocycles. The molecule has 104 valence electrons. The first-order valence-corrected chi connectivity index (χ1v) is 5.91. The van der Waals surface area contributed by atoms with Gasteiger partial charge in [-0.15, -0.1) is 0 Å². The molecule has 1 saturated heterocycles. The third kappa shape index (κ3) is 2.56. The summed E-state index contributed by atoms with van der Waals surface area (Å²) in [5, 5.41) is 3.59. The van der Waals surface area contributed by atoms with Crippen LogP contribution in [0.5, 0.6) is 0 Å². The number of hydrogen-bond acceptors (Lipinski definition) is 4. The van der Waals surface area contributed by atoms with Crippen molar-refractivity contribution in [1.29, 1.82) is 0 Å². The highest BCUT2D eigenvalue weighted by atomic mass is 16.5. The summed E-state index contributed by atoms with van der Waals surface area (Å²) in [5.74, 6) is 0. The summed E-state index contributed by atoms with van der Waals surface area (Å²) in [4.78, 5) is 31.2. The summed E-state index contributed by atoms with van der Waals surface area (Å²) in [7, 11) is 0. The maximum Gasteiger partial charge on any atom is 0.330 e. The number of H-pyrrole nitrogens is 1. The Morgan fingerprint density at radius 3 is 3.05 bits per heavy atom. The first-order valence-electron chi connectivity index (χ1n) is 5.91. The normalized spacial score (nSPS) is 24.9. The zero-order chi connectivity index (χ0) is 14.7. The Morgan fingerprint density at radius 1 is 1.65 bits per heavy atom. The van der Waals surface area contributed by atoms with Gasteiger partial charge in [-0.1, -0.05) is 5.11 Å². The van der Waals surface area contributed by atoms with Crippen molar-refractivity contribution < 1.29 is 4.74 Å². The Morgan fingerprint density at radius 2 is 2.40 bits per heavy atom. The lowest BCUT2D eigenvalue weighted by Crippen LogP contribution is -2.33. The summed E-state index contributed by atoms with van der Waals surface area (Å²) >= 11 is 0. The summed E-state index contributed by atoms with van der Waals surface area (Å²) in [6.07, 6.45) is 0.488. The van der Waals surface area contributed by atoms with Crippen molar-refractivity contribution in [2.75, 3.05) is 6.54 Å². The average molecular weight is 276 g/mol. The Hall–Kier alpha value is -2.56. The molecule has 3 atom stereocenters. The van der Waals surface area contributed by atoms with Gasteiger partial charge >= 0.3 is 5.69 Å². The molecule has 2 heterocycles. The van der Waals surface area contributed by atoms with Crippen LogP contribution in [-0.2, 0) is 4.74 Å². The number of aromatic amines is 1. The van der Waals surface area contributed by atoms with Gasteiger partial charge in [0.05, 0.1) is 6.04 Å². The lowest BCUT2D eigenvalue weighted by molar-refractivity contribution is 0.00476. The van der Waals surface area contributed by atoms with Gasteiger partial charge in [0.25, 0.3) is 5.56 Å². The smallest absolute Gasteiger partial charge is 0.330 e. The molecule has 1 aliphatic rings. The van der Waals surface area contributed by atoms with Crippen LogP contribution in [0.3, 0.4) is 0 Å². The monoisotopic (exact) mass is 276 g/mol. The molecule has 0 aromatic carbocycles. The van der Waals surface area contributed by atoms with E-state index in [1.165, 1.54) is 10.8 Å². The van der Waals surface area contributed by atoms with Gasteiger partial charge in [-0.25, -0.2) is 11.4 Å². The number of ether oxygens (including phenoxy) is 1. The average Bonchev–Trinajstić information content (AvgIpc) is 2.78. The topological polar surface area (TPSA) is 117 Å². The molecule has 1 fully saturated rings. The van der Waals surface area contributed by atoms with Gasteiger partial charge in [0.2, 0.25) is 6.54 Å². The minimum absolute atomic E-state index is 0.0528. The van der Waals surface area contributed by atoms with Crippen LogP contribution < -0.4 is 11.2 Å². The van der Waals surface area contributed by atoms with E-state index in [4.69, 9.17) is 16.8 Å². The van der Waals surface area contributed by atoms with Crippen molar-refractivity contribution in [3.05, 3.63) is 54.5 Å². The maximum atomic E-state index is 11.8. The van der Waals surface area contributed by atoms with Crippen LogP contribution in [-0.4, -0.2) is 28.2 Å². The molecule has 0 radical (unpaired) electrons. The molecule has 0 aliphatic carbocycles. The van der Waals surface area contributed by atoms with E-state index < -0.39 is 29.6 Å². The number of aryl methyl sites for hydroxylation is 1. The molecule has 1 N–H and O–H groups in total. The highest BCUT2D eigenvalue weighted by Crippen LogP contribution is 2.30. The number of nitrogens with one attached hydrogen (secondary N) is 1. The number of nitrogens with zero attached hydrogens (tertiary/aromatic N) is 5. The molecule has 0 unspecified atom stereocenters. The van der Waals surface area contributed by atoms with E-state index in [0.29, 0.717) is 5.56 Å². The van der Waals surface area contributed by atoms with Crippen molar-refractivity contribution >= 4 is 0 Å². The maximum absolute atomic E-state index is 11.8. The number of rotatable bonds is 3. The first kappa shape index (κ1) is 13.9. The largest absolute Gasteiger partial charge is 0.346 e. The molecule has 0 spiro atoms. The Bertz CT molecular complexity index is 708. The van der Waals surface area contributed by atoms with Crippen LogP contribution in [0.4, 0.5) is 0 Å². The fourth-order valence-electron chi connectivity index (χ4n) is 2.13. The lowest BCUT2D eigenvalue weighted by Gasteiger charge is -2.13. The third-order valence-corrected chi connectivity index (χ3v) is 3.13. The fraction of sp³-hybridized carbons (Fsp3) is 0.545. The molecular formula is C11H12N6O3. The highest BCUT2D eigenvalue weighted by molar-refractivity contribution is 5.02. The zero-order valence-electron chi connectivity index (χ0n) is 10.7. The quantitative estimate of drug-likeness (QED) is 0.379. The van der Waals surface area contributed by atoms with Gasteiger partial charge in [-0.05, 0) is 12.5 Å². The van der Waals surface area contributed by atoms with Crippen LogP contribution in [0.25, 0.3) is 15.3 Å². The van der Waals surface area contributed by atoms with Crippen LogP contribution in [0.15, 0.2) is 20.9 Å². The van der Waals surface area contributed by atoms with Gasteiger partial charge in [0, 0.05) is 23.1 Å². The van der Waals surface area contributed by atoms with Gasteiger partial charge in [0.15, 0.2) is 0 Å². The van der Waals surface area contributed by atoms with Gasteiger partial charge in [-0.3, -0.25) is 14.3 Å². The first-order chi connectivity index (χ1) is 9.56. The minimum Gasteiger partial charge on any atom is -0.346 e. The molecule has 20 heavy (non-hydrogen) atoms. The Labute approximate surface area is 113 Å². The van der Waals surface area contributed by atoms with Gasteiger partial charge in [0.1, 0.15) is 12.3 Å². The molecule has 1 aliphatic heterocycles. The standard InChI is InChI=1S/C11H12N6O3/c1-6-5-17(11(19)14-10(6)18)9-3-7(15-16-12)8(20-9)4-13-2/h5,7-9H,3-4H2,1H3,(H,14,18,19)/t7-,8+,9+/m0/s1. The van der Waals surface area contributed by atoms with Crippen molar-refractivity contribution in [2.45, 2.75) is 31.7 Å². The van der Waals surface area contributed by atoms with Crippen molar-refractivity contribution in [3.8, 4) is 0 Å². The molecule has 1 aromatic heterocycles. The van der Waals surface area contributed by atoms with Gasteiger partial charge in [-0.2, -0.15) is 0 Å². The molecule has 1 aromatic rings. The number of azide groups is 1. The van der Waals surface area contributed by atoms with Crippen molar-refractivity contribution in [1.82, 2.24) is 9.55 Å². The predicted octanol–water partition coefficient (Wildman–Crippen LogP) is 0.731. The Kier molecular flexibility index (Phi) is 3.89. The second kappa shape index (κ2) is 5.61. The molecule has 0 bridgehead atoms. The fourth-order valence-corrected chi connectivity index (χ4v) is 2.13. The molecular weight excluding hydrogens is 264 g/mol. The van der Waals surface area contributed by atoms with E-state index in [0.717, 1.165) is 0 Å². The minimum atomic E-state index is -0.653. The van der Waals surface area contributed by atoms with Crippen LogP contribution in [0.1, 0.15) is 18.2 Å². The second-order valence-corrected chi connectivity index (χ2v) is 4.46. The predicted molar refractivity (Wildman–Crippen MR) is 69.0 cm³/mol. The van der Waals surface area contributed by atoms with E-state index in [9.17, 15) is 9.59 Å². The molecule has 0 amide bonds. The Balaban J connectivity index is 2.34. The lowest BCUT2D eigenvalue weighted by atomic mass is 10.1. The third-order valence-electron chi connectivity index (χ3n) is 3.13. The SMILES string of the molecule is [C-]#[N+]C[C@H]1O[C@@H](n2cc(C)c(=O)[nH]c2=O)C[C@@H]1N=[N+]=[N-]. The van der Waals surface area contributed by atoms with Crippen LogP contribution >= 0.6 is 0 Å². The molecule has 9 heteroatoms. The molecule has 9 nitrogen and oxygen atoms in total. The van der Waals surface area contributed by atoms with Crippen molar-refractivity contribution in [3.63, 3.8) is 0 Å². The molecule has 2 rings (SSSR count). The van der Waals surface area contributed by atoms with E-state index >= 15 is 0 Å². The van der Waals surface area contributed by atoms with Crippen molar-refractivity contribution in [2.24, 2.45) is 5.11 Å². The number of hydrogen-bond donors (Lipinski definition) is 1. The van der Waals surface area contributed by atoms with Gasteiger partial charge < -0.3 is 9.58 Å². The van der Waals surface area contributed by atoms with Crippen LogP contribution in [0.2, 0.25) is 0 Å². The van der Waals surface area contributed by atoms with E-state index in [1.807, 2.05) is 0 Å². The summed E-state index contributed by atoms with van der Waals surface area (Å²) < 4.78 is 6.84. The number of aromatic nitrogens is 2.